The van der Waals surface area contributed by atoms with Crippen LogP contribution in [0.3, 0.4) is 0 Å². The molecule has 9 heteroatoms. The summed E-state index contributed by atoms with van der Waals surface area (Å²) in [6.45, 7) is -0.0842. The fourth-order valence-electron chi connectivity index (χ4n) is 2.60. The third kappa shape index (κ3) is 5.68. The molecule has 0 spiro atoms. The van der Waals surface area contributed by atoms with E-state index < -0.39 is 17.5 Å². The Morgan fingerprint density at radius 2 is 1.76 bits per heavy atom. The van der Waals surface area contributed by atoms with Gasteiger partial charge in [0.05, 0.1) is 10.5 Å². The van der Waals surface area contributed by atoms with E-state index in [-0.39, 0.29) is 22.8 Å². The zero-order valence-corrected chi connectivity index (χ0v) is 16.8. The third-order valence-electron chi connectivity index (χ3n) is 4.32. The van der Waals surface area contributed by atoms with Crippen molar-refractivity contribution < 1.29 is 19.2 Å². The normalized spacial score (nSPS) is 10.2. The van der Waals surface area contributed by atoms with E-state index in [4.69, 9.17) is 4.74 Å². The van der Waals surface area contributed by atoms with Crippen molar-refractivity contribution in [1.29, 1.82) is 0 Å². The Balaban J connectivity index is 1.94. The minimum absolute atomic E-state index is 0.00503. The molecule has 0 fully saturated rings. The maximum atomic E-state index is 12.3. The second-order valence-corrected chi connectivity index (χ2v) is 6.63. The van der Waals surface area contributed by atoms with Gasteiger partial charge in [0.1, 0.15) is 5.69 Å². The Labute approximate surface area is 169 Å². The number of nitrogens with one attached hydrogen (secondary N) is 1. The number of hydrogen-bond acceptors (Lipinski definition) is 7. The van der Waals surface area contributed by atoms with Crippen molar-refractivity contribution >= 4 is 28.9 Å². The molecule has 154 valence electrons. The van der Waals surface area contributed by atoms with Crippen LogP contribution in [0.15, 0.2) is 42.5 Å². The van der Waals surface area contributed by atoms with E-state index in [9.17, 15) is 19.7 Å². The molecule has 0 radical (unpaired) electrons. The van der Waals surface area contributed by atoms with Gasteiger partial charge in [0, 0.05) is 46.5 Å². The topological polar surface area (TPSA) is 105 Å². The van der Waals surface area contributed by atoms with Crippen LogP contribution in [0.5, 0.6) is 0 Å². The summed E-state index contributed by atoms with van der Waals surface area (Å²) in [7, 11) is 7.05. The molecular formula is C20H24N4O5. The summed E-state index contributed by atoms with van der Waals surface area (Å²) in [5.74, 6) is -1.18. The highest BCUT2D eigenvalue weighted by Gasteiger charge is 2.19. The van der Waals surface area contributed by atoms with Crippen molar-refractivity contribution in [3.8, 4) is 0 Å². The molecule has 0 saturated carbocycles. The van der Waals surface area contributed by atoms with Crippen LogP contribution in [-0.2, 0) is 16.1 Å². The van der Waals surface area contributed by atoms with Crippen LogP contribution in [-0.4, -0.2) is 56.5 Å². The highest BCUT2D eigenvalue weighted by atomic mass is 16.6. The monoisotopic (exact) mass is 400 g/mol. The molecule has 0 bridgehead atoms. The number of anilines is 2. The fourth-order valence-corrected chi connectivity index (χ4v) is 2.60. The molecule has 1 N–H and O–H groups in total. The first-order valence-corrected chi connectivity index (χ1v) is 8.86. The Bertz CT molecular complexity index is 896. The first kappa shape index (κ1) is 21.7. The van der Waals surface area contributed by atoms with Crippen molar-refractivity contribution in [1.82, 2.24) is 4.90 Å². The summed E-state index contributed by atoms with van der Waals surface area (Å²) in [5.41, 5.74) is 2.03. The number of benzene rings is 2. The molecule has 2 aromatic carbocycles. The smallest absolute Gasteiger partial charge is 0.338 e. The van der Waals surface area contributed by atoms with Gasteiger partial charge in [-0.25, -0.2) is 4.79 Å². The lowest BCUT2D eigenvalue weighted by molar-refractivity contribution is -0.384. The summed E-state index contributed by atoms with van der Waals surface area (Å²) in [6, 6.07) is 11.7. The van der Waals surface area contributed by atoms with Crippen LogP contribution in [0.25, 0.3) is 0 Å². The van der Waals surface area contributed by atoms with E-state index >= 15 is 0 Å². The average Bonchev–Trinajstić information content (AvgIpc) is 2.71. The zero-order valence-electron chi connectivity index (χ0n) is 16.8. The number of hydrogen-bond donors (Lipinski definition) is 1. The van der Waals surface area contributed by atoms with Crippen LogP contribution in [0, 0.1) is 10.1 Å². The average molecular weight is 400 g/mol. The number of amides is 1. The Morgan fingerprint density at radius 1 is 1.10 bits per heavy atom. The van der Waals surface area contributed by atoms with Gasteiger partial charge in [-0.3, -0.25) is 14.9 Å². The zero-order chi connectivity index (χ0) is 21.6. The van der Waals surface area contributed by atoms with Crippen molar-refractivity contribution in [3.05, 3.63) is 63.7 Å². The van der Waals surface area contributed by atoms with Crippen molar-refractivity contribution in [2.75, 3.05) is 45.0 Å². The summed E-state index contributed by atoms with van der Waals surface area (Å²) < 4.78 is 5.03. The number of likely N-dealkylation sites (N-methyl/N-ethyl adjacent to an activating group) is 1. The molecule has 0 aliphatic carbocycles. The Morgan fingerprint density at radius 3 is 2.31 bits per heavy atom. The second-order valence-electron chi connectivity index (χ2n) is 6.63. The van der Waals surface area contributed by atoms with Gasteiger partial charge in [0.25, 0.3) is 11.6 Å². The third-order valence-corrected chi connectivity index (χ3v) is 4.32. The van der Waals surface area contributed by atoms with Gasteiger partial charge < -0.3 is 19.9 Å². The van der Waals surface area contributed by atoms with Crippen LogP contribution < -0.4 is 10.2 Å². The first-order valence-electron chi connectivity index (χ1n) is 8.86. The summed E-state index contributed by atoms with van der Waals surface area (Å²) in [4.78, 5) is 38.3. The summed E-state index contributed by atoms with van der Waals surface area (Å²) >= 11 is 0. The predicted molar refractivity (Wildman–Crippen MR) is 110 cm³/mol. The SMILES string of the molecule is CNc1ccc(C(=O)OCC(=O)N(C)Cc2ccc(N(C)C)cc2)cc1[N+](=O)[O-]. The Hall–Kier alpha value is -3.62. The lowest BCUT2D eigenvalue weighted by atomic mass is 10.1. The molecule has 0 unspecified atom stereocenters. The van der Waals surface area contributed by atoms with E-state index in [1.807, 2.05) is 43.3 Å². The van der Waals surface area contributed by atoms with E-state index in [0.717, 1.165) is 17.3 Å². The first-order chi connectivity index (χ1) is 13.7. The lowest BCUT2D eigenvalue weighted by Gasteiger charge is -2.18. The van der Waals surface area contributed by atoms with Crippen LogP contribution >= 0.6 is 0 Å². The minimum Gasteiger partial charge on any atom is -0.452 e. The van der Waals surface area contributed by atoms with E-state index in [1.54, 1.807) is 14.1 Å². The van der Waals surface area contributed by atoms with Gasteiger partial charge in [0.15, 0.2) is 6.61 Å². The van der Waals surface area contributed by atoms with Gasteiger partial charge in [0.2, 0.25) is 0 Å². The van der Waals surface area contributed by atoms with Crippen LogP contribution in [0.1, 0.15) is 15.9 Å². The molecule has 1 amide bonds. The van der Waals surface area contributed by atoms with Gasteiger partial charge in [-0.15, -0.1) is 0 Å². The van der Waals surface area contributed by atoms with Crippen molar-refractivity contribution in [2.24, 2.45) is 0 Å². The number of carbonyl (C=O) groups excluding carboxylic acids is 2. The molecule has 0 saturated heterocycles. The van der Waals surface area contributed by atoms with Gasteiger partial charge >= 0.3 is 5.97 Å². The quantitative estimate of drug-likeness (QED) is 0.412. The Kier molecular flexibility index (Phi) is 7.13. The number of nitrogens with zero attached hydrogens (tertiary/aromatic N) is 3. The molecule has 2 rings (SSSR count). The number of rotatable bonds is 8. The highest BCUT2D eigenvalue weighted by molar-refractivity contribution is 5.93. The van der Waals surface area contributed by atoms with Crippen LogP contribution in [0.2, 0.25) is 0 Å². The fraction of sp³-hybridized carbons (Fsp3) is 0.300. The molecule has 0 heterocycles. The maximum Gasteiger partial charge on any atom is 0.338 e. The standard InChI is InChI=1S/C20H24N4O5/c1-21-17-10-7-15(11-18(17)24(27)28)20(26)29-13-19(25)23(4)12-14-5-8-16(9-6-14)22(2)3/h5-11,21H,12-13H2,1-4H3. The highest BCUT2D eigenvalue weighted by Crippen LogP contribution is 2.25. The number of carbonyl (C=O) groups is 2. The van der Waals surface area contributed by atoms with E-state index in [2.05, 4.69) is 5.32 Å². The molecule has 0 aliphatic heterocycles. The second kappa shape index (κ2) is 9.54. The molecule has 0 atom stereocenters. The molecule has 29 heavy (non-hydrogen) atoms. The minimum atomic E-state index is -0.798. The van der Waals surface area contributed by atoms with E-state index in [0.29, 0.717) is 6.54 Å². The van der Waals surface area contributed by atoms with Crippen molar-refractivity contribution in [2.45, 2.75) is 6.54 Å². The molecular weight excluding hydrogens is 376 g/mol. The maximum absolute atomic E-state index is 12.3. The largest absolute Gasteiger partial charge is 0.452 e. The number of ether oxygens (including phenoxy) is 1. The molecule has 2 aromatic rings. The summed E-state index contributed by atoms with van der Waals surface area (Å²) in [5, 5.41) is 13.8. The predicted octanol–water partition coefficient (Wildman–Crippen LogP) is 2.52. The van der Waals surface area contributed by atoms with Crippen molar-refractivity contribution in [3.63, 3.8) is 0 Å². The summed E-state index contributed by atoms with van der Waals surface area (Å²) in [6.07, 6.45) is 0. The van der Waals surface area contributed by atoms with Crippen LogP contribution in [0.4, 0.5) is 17.1 Å². The number of esters is 1. The molecule has 9 nitrogen and oxygen atoms in total. The van der Waals surface area contributed by atoms with E-state index in [1.165, 1.54) is 17.0 Å². The molecule has 0 aliphatic rings. The van der Waals surface area contributed by atoms with Gasteiger partial charge in [-0.1, -0.05) is 12.1 Å². The molecule has 0 aromatic heterocycles. The number of nitro groups is 1. The van der Waals surface area contributed by atoms with Gasteiger partial charge in [-0.05, 0) is 29.8 Å². The van der Waals surface area contributed by atoms with Gasteiger partial charge in [-0.2, -0.15) is 0 Å². The lowest BCUT2D eigenvalue weighted by Crippen LogP contribution is -2.30. The number of nitro benzene ring substituents is 1.